The third-order valence-corrected chi connectivity index (χ3v) is 5.22. The smallest absolute Gasteiger partial charge is 0.338 e. The quantitative estimate of drug-likeness (QED) is 0.463. The summed E-state index contributed by atoms with van der Waals surface area (Å²) in [6.07, 6.45) is 2.05. The summed E-state index contributed by atoms with van der Waals surface area (Å²) in [5, 5.41) is 0. The topological polar surface area (TPSA) is 88.1 Å². The molecule has 31 heavy (non-hydrogen) atoms. The Hall–Kier alpha value is -3.35. The van der Waals surface area contributed by atoms with Gasteiger partial charge in [-0.3, -0.25) is 9.59 Å². The predicted octanol–water partition coefficient (Wildman–Crippen LogP) is 4.15. The Bertz CT molecular complexity index is 980. The molecule has 1 fully saturated rings. The van der Waals surface area contributed by atoms with E-state index < -0.39 is 12.1 Å². The van der Waals surface area contributed by atoms with E-state index in [4.69, 9.17) is 18.9 Å². The van der Waals surface area contributed by atoms with Gasteiger partial charge in [0.1, 0.15) is 12.4 Å². The van der Waals surface area contributed by atoms with Crippen LogP contribution < -0.4 is 14.2 Å². The fraction of sp³-hybridized carbons (Fsp3) is 0.375. The van der Waals surface area contributed by atoms with Crippen LogP contribution in [0.1, 0.15) is 58.9 Å². The molecule has 1 atom stereocenters. The van der Waals surface area contributed by atoms with Crippen molar-refractivity contribution in [1.82, 2.24) is 0 Å². The zero-order valence-electron chi connectivity index (χ0n) is 17.9. The minimum Gasteiger partial charge on any atom is -0.496 e. The second-order valence-corrected chi connectivity index (χ2v) is 7.34. The molecule has 1 aliphatic rings. The summed E-state index contributed by atoms with van der Waals surface area (Å²) in [7, 11) is 3.00. The monoisotopic (exact) mass is 426 g/mol. The number of carbonyl (C=O) groups excluding carboxylic acids is 3. The van der Waals surface area contributed by atoms with Gasteiger partial charge in [-0.05, 0) is 50.5 Å². The molecule has 0 spiro atoms. The van der Waals surface area contributed by atoms with Crippen molar-refractivity contribution in [1.29, 1.82) is 0 Å². The first-order valence-corrected chi connectivity index (χ1v) is 10.1. The maximum atomic E-state index is 12.5. The Labute approximate surface area is 181 Å². The van der Waals surface area contributed by atoms with Gasteiger partial charge >= 0.3 is 5.97 Å². The first-order chi connectivity index (χ1) is 14.9. The molecule has 0 amide bonds. The van der Waals surface area contributed by atoms with Gasteiger partial charge in [-0.25, -0.2) is 4.79 Å². The van der Waals surface area contributed by atoms with E-state index in [0.717, 1.165) is 18.4 Å². The molecular formula is C24H26O7. The van der Waals surface area contributed by atoms with Crippen LogP contribution in [-0.2, 0) is 16.1 Å². The number of carbonyl (C=O) groups is 3. The number of esters is 1. The van der Waals surface area contributed by atoms with Crippen LogP contribution >= 0.6 is 0 Å². The molecule has 0 heterocycles. The molecule has 2 aromatic carbocycles. The molecule has 0 bridgehead atoms. The minimum atomic E-state index is -0.673. The van der Waals surface area contributed by atoms with E-state index in [-0.39, 0.29) is 23.7 Å². The molecule has 1 aliphatic carbocycles. The molecule has 0 N–H and O–H groups in total. The van der Waals surface area contributed by atoms with Gasteiger partial charge in [-0.15, -0.1) is 0 Å². The lowest BCUT2D eigenvalue weighted by Crippen LogP contribution is -2.30. The lowest BCUT2D eigenvalue weighted by atomic mass is 9.96. The number of methoxy groups -OCH3 is 2. The third kappa shape index (κ3) is 5.42. The molecule has 0 unspecified atom stereocenters. The largest absolute Gasteiger partial charge is 0.496 e. The summed E-state index contributed by atoms with van der Waals surface area (Å²) in [5.74, 6) is 0.700. The summed E-state index contributed by atoms with van der Waals surface area (Å²) in [6, 6.07) is 9.88. The predicted molar refractivity (Wildman–Crippen MR) is 113 cm³/mol. The van der Waals surface area contributed by atoms with Gasteiger partial charge in [-0.2, -0.15) is 0 Å². The Morgan fingerprint density at radius 1 is 0.935 bits per heavy atom. The van der Waals surface area contributed by atoms with Gasteiger partial charge in [0.15, 0.2) is 29.2 Å². The van der Waals surface area contributed by atoms with E-state index in [9.17, 15) is 14.4 Å². The van der Waals surface area contributed by atoms with E-state index >= 15 is 0 Å². The van der Waals surface area contributed by atoms with Crippen LogP contribution in [0.2, 0.25) is 0 Å². The average molecular weight is 426 g/mol. The van der Waals surface area contributed by atoms with Crippen LogP contribution in [0, 0.1) is 0 Å². The van der Waals surface area contributed by atoms with Gasteiger partial charge in [0, 0.05) is 17.5 Å². The number of ketones is 2. The Morgan fingerprint density at radius 2 is 1.65 bits per heavy atom. The van der Waals surface area contributed by atoms with Crippen molar-refractivity contribution in [2.24, 2.45) is 0 Å². The molecule has 0 radical (unpaired) electrons. The molecule has 7 heteroatoms. The second-order valence-electron chi connectivity index (χ2n) is 7.34. The average Bonchev–Trinajstić information content (AvgIpc) is 2.78. The number of benzene rings is 2. The van der Waals surface area contributed by atoms with Crippen molar-refractivity contribution in [3.8, 4) is 17.2 Å². The molecule has 1 saturated carbocycles. The number of Topliss-reactive ketones (excluding diaryl/α,β-unsaturated/α-hetero) is 2. The van der Waals surface area contributed by atoms with E-state index in [1.165, 1.54) is 27.2 Å². The molecule has 0 saturated heterocycles. The second kappa shape index (κ2) is 10.1. The van der Waals surface area contributed by atoms with E-state index in [2.05, 4.69) is 0 Å². The Kier molecular flexibility index (Phi) is 7.28. The van der Waals surface area contributed by atoms with E-state index in [0.29, 0.717) is 35.7 Å². The number of rotatable bonds is 8. The molecular weight excluding hydrogens is 400 g/mol. The normalized spacial score (nSPS) is 15.8. The summed E-state index contributed by atoms with van der Waals surface area (Å²) >= 11 is 0. The molecule has 2 aromatic rings. The zero-order chi connectivity index (χ0) is 22.4. The molecule has 7 nitrogen and oxygen atoms in total. The van der Waals surface area contributed by atoms with Crippen LogP contribution in [0.3, 0.4) is 0 Å². The highest BCUT2D eigenvalue weighted by atomic mass is 16.5. The Morgan fingerprint density at radius 3 is 2.32 bits per heavy atom. The minimum absolute atomic E-state index is 0.0312. The van der Waals surface area contributed by atoms with Crippen LogP contribution in [0.5, 0.6) is 17.2 Å². The van der Waals surface area contributed by atoms with Crippen molar-refractivity contribution in [2.75, 3.05) is 14.2 Å². The van der Waals surface area contributed by atoms with Crippen LogP contribution in [-0.4, -0.2) is 37.9 Å². The van der Waals surface area contributed by atoms with Gasteiger partial charge < -0.3 is 18.9 Å². The Balaban J connectivity index is 1.71. The van der Waals surface area contributed by atoms with E-state index in [1.54, 1.807) is 30.3 Å². The van der Waals surface area contributed by atoms with Gasteiger partial charge in [0.2, 0.25) is 0 Å². The summed E-state index contributed by atoms with van der Waals surface area (Å²) in [5.41, 5.74) is 1.59. The maximum absolute atomic E-state index is 12.5. The highest BCUT2D eigenvalue weighted by Crippen LogP contribution is 2.31. The van der Waals surface area contributed by atoms with Crippen molar-refractivity contribution in [3.05, 3.63) is 53.1 Å². The number of ether oxygens (including phenoxy) is 4. The third-order valence-electron chi connectivity index (χ3n) is 5.22. The fourth-order valence-electron chi connectivity index (χ4n) is 3.42. The number of hydrogen-bond acceptors (Lipinski definition) is 7. The lowest BCUT2D eigenvalue weighted by Gasteiger charge is -2.21. The van der Waals surface area contributed by atoms with E-state index in [1.807, 2.05) is 0 Å². The van der Waals surface area contributed by atoms with Crippen molar-refractivity contribution in [2.45, 2.75) is 45.3 Å². The highest BCUT2D eigenvalue weighted by molar-refractivity contribution is 5.94. The van der Waals surface area contributed by atoms with Crippen LogP contribution in [0.15, 0.2) is 36.4 Å². The first-order valence-electron chi connectivity index (χ1n) is 10.1. The number of hydrogen-bond donors (Lipinski definition) is 0. The fourth-order valence-corrected chi connectivity index (χ4v) is 3.42. The van der Waals surface area contributed by atoms with Crippen molar-refractivity contribution >= 4 is 17.5 Å². The molecule has 0 aromatic heterocycles. The summed E-state index contributed by atoms with van der Waals surface area (Å²) in [4.78, 5) is 35.9. The van der Waals surface area contributed by atoms with Gasteiger partial charge in [-0.1, -0.05) is 12.1 Å². The first kappa shape index (κ1) is 22.3. The van der Waals surface area contributed by atoms with Crippen LogP contribution in [0.25, 0.3) is 0 Å². The molecule has 3 rings (SSSR count). The lowest BCUT2D eigenvalue weighted by molar-refractivity contribution is -0.129. The van der Waals surface area contributed by atoms with Crippen LogP contribution in [0.4, 0.5) is 0 Å². The standard InChI is InChI=1S/C24H26O7/c1-15(25)16-8-9-18(22(12-16)28-2)14-30-21-11-10-17(13-23(21)29-3)24(27)31-20-7-5-4-6-19(20)26/h8-13,20H,4-7,14H2,1-3H3/t20-/m1/s1. The van der Waals surface area contributed by atoms with Crippen molar-refractivity contribution < 1.29 is 33.3 Å². The van der Waals surface area contributed by atoms with Crippen molar-refractivity contribution in [3.63, 3.8) is 0 Å². The highest BCUT2D eigenvalue weighted by Gasteiger charge is 2.26. The van der Waals surface area contributed by atoms with Gasteiger partial charge in [0.25, 0.3) is 0 Å². The SMILES string of the molecule is COc1cc(C(C)=O)ccc1COc1ccc(C(=O)O[C@@H]2CCCCC2=O)cc1OC. The molecule has 0 aliphatic heterocycles. The maximum Gasteiger partial charge on any atom is 0.338 e. The zero-order valence-corrected chi connectivity index (χ0v) is 17.9. The summed E-state index contributed by atoms with van der Waals surface area (Å²) < 4.78 is 22.0. The van der Waals surface area contributed by atoms with Gasteiger partial charge in [0.05, 0.1) is 19.8 Å². The summed E-state index contributed by atoms with van der Waals surface area (Å²) in [6.45, 7) is 1.67. The molecule has 164 valence electrons.